The number of hydrogen-bond acceptors (Lipinski definition) is 6. The van der Waals surface area contributed by atoms with E-state index >= 15 is 0 Å². The van der Waals surface area contributed by atoms with Crippen LogP contribution in [0.15, 0.2) is 47.8 Å². The Balaban J connectivity index is 2.24. The Labute approximate surface area is 158 Å². The zero-order chi connectivity index (χ0) is 19.6. The highest BCUT2D eigenvalue weighted by Crippen LogP contribution is 2.24. The maximum atomic E-state index is 12.0. The molecule has 142 valence electrons. The van der Waals surface area contributed by atoms with Crippen molar-refractivity contribution in [3.63, 3.8) is 0 Å². The lowest BCUT2D eigenvalue weighted by Gasteiger charge is -2.24. The smallest absolute Gasteiger partial charge is 0.272 e. The third-order valence-corrected chi connectivity index (χ3v) is 4.02. The van der Waals surface area contributed by atoms with Crippen molar-refractivity contribution in [3.05, 3.63) is 64.0 Å². The predicted octanol–water partition coefficient (Wildman–Crippen LogP) is 3.38. The molecule has 2 aromatic rings. The van der Waals surface area contributed by atoms with E-state index in [1.807, 2.05) is 6.92 Å². The summed E-state index contributed by atoms with van der Waals surface area (Å²) in [5.41, 5.74) is 4.21. The molecule has 0 aliphatic carbocycles. The van der Waals surface area contributed by atoms with Gasteiger partial charge < -0.3 is 4.90 Å². The molecular weight excluding hydrogens is 346 g/mol. The number of non-ortho nitro benzene ring substituents is 1. The molecule has 1 amide bonds. The van der Waals surface area contributed by atoms with Crippen molar-refractivity contribution in [1.82, 2.24) is 10.4 Å². The summed E-state index contributed by atoms with van der Waals surface area (Å²) in [4.78, 5) is 28.7. The lowest BCUT2D eigenvalue weighted by atomic mass is 10.1. The Morgan fingerprint density at radius 1 is 1.37 bits per heavy atom. The molecule has 0 bridgehead atoms. The molecule has 0 spiro atoms. The molecular formula is C19H23N5O3. The van der Waals surface area contributed by atoms with E-state index in [1.54, 1.807) is 24.4 Å². The normalized spacial score (nSPS) is 10.7. The van der Waals surface area contributed by atoms with Gasteiger partial charge in [0, 0.05) is 48.9 Å². The summed E-state index contributed by atoms with van der Waals surface area (Å²) in [5, 5.41) is 15.1. The van der Waals surface area contributed by atoms with Crippen molar-refractivity contribution >= 4 is 23.5 Å². The van der Waals surface area contributed by atoms with Crippen molar-refractivity contribution < 1.29 is 9.72 Å². The van der Waals surface area contributed by atoms with Crippen LogP contribution in [-0.4, -0.2) is 35.1 Å². The maximum absolute atomic E-state index is 12.0. The van der Waals surface area contributed by atoms with Crippen molar-refractivity contribution in [2.24, 2.45) is 5.10 Å². The Hall–Kier alpha value is -3.29. The van der Waals surface area contributed by atoms with E-state index in [0.717, 1.165) is 31.6 Å². The van der Waals surface area contributed by atoms with Crippen LogP contribution in [0.4, 0.5) is 11.4 Å². The van der Waals surface area contributed by atoms with Crippen molar-refractivity contribution in [3.8, 4) is 0 Å². The molecule has 0 aliphatic rings. The maximum Gasteiger partial charge on any atom is 0.272 e. The van der Waals surface area contributed by atoms with Gasteiger partial charge >= 0.3 is 0 Å². The number of hydrogen-bond donors (Lipinski definition) is 1. The standard InChI is InChI=1S/C19H23N5O3/c1-3-5-11-23(4-2)18-9-8-17(24(26)27)12-16(18)14-21-22-19(25)15-7-6-10-20-13-15/h6-10,12-14H,3-5,11H2,1-2H3,(H,22,25)/b21-14-. The number of pyridine rings is 1. The zero-order valence-electron chi connectivity index (χ0n) is 15.5. The van der Waals surface area contributed by atoms with Crippen LogP contribution < -0.4 is 10.3 Å². The van der Waals surface area contributed by atoms with Crippen LogP contribution in [0.25, 0.3) is 0 Å². The predicted molar refractivity (Wildman–Crippen MR) is 105 cm³/mol. The van der Waals surface area contributed by atoms with E-state index in [2.05, 4.69) is 27.3 Å². The molecule has 0 unspecified atom stereocenters. The lowest BCUT2D eigenvalue weighted by Crippen LogP contribution is -2.25. The van der Waals surface area contributed by atoms with Gasteiger partial charge in [-0.25, -0.2) is 5.43 Å². The molecule has 0 saturated carbocycles. The molecule has 0 atom stereocenters. The van der Waals surface area contributed by atoms with Crippen molar-refractivity contribution in [2.75, 3.05) is 18.0 Å². The first-order valence-corrected chi connectivity index (χ1v) is 8.83. The minimum atomic E-state index is -0.447. The number of unbranched alkanes of at least 4 members (excludes halogenated alkanes) is 1. The highest BCUT2D eigenvalue weighted by molar-refractivity contribution is 5.95. The monoisotopic (exact) mass is 369 g/mol. The molecule has 2 rings (SSSR count). The van der Waals surface area contributed by atoms with Crippen LogP contribution in [0.5, 0.6) is 0 Å². The van der Waals surface area contributed by atoms with E-state index in [-0.39, 0.29) is 5.69 Å². The molecule has 1 aromatic heterocycles. The number of amides is 1. The van der Waals surface area contributed by atoms with Gasteiger partial charge in [0.1, 0.15) is 0 Å². The molecule has 0 aliphatic heterocycles. The van der Waals surface area contributed by atoms with Crippen LogP contribution in [0.1, 0.15) is 42.6 Å². The first-order valence-electron chi connectivity index (χ1n) is 8.83. The highest BCUT2D eigenvalue weighted by Gasteiger charge is 2.14. The van der Waals surface area contributed by atoms with Crippen LogP contribution in [0.2, 0.25) is 0 Å². The average Bonchev–Trinajstić information content (AvgIpc) is 2.69. The van der Waals surface area contributed by atoms with Gasteiger partial charge in [0.2, 0.25) is 0 Å². The number of benzene rings is 1. The minimum Gasteiger partial charge on any atom is -0.371 e. The van der Waals surface area contributed by atoms with Gasteiger partial charge in [-0.3, -0.25) is 19.9 Å². The third kappa shape index (κ3) is 5.60. The quantitative estimate of drug-likeness (QED) is 0.415. The lowest BCUT2D eigenvalue weighted by molar-refractivity contribution is -0.384. The Bertz CT molecular complexity index is 808. The molecule has 0 fully saturated rings. The number of nitro groups is 1. The number of carbonyl (C=O) groups excluding carboxylic acids is 1. The number of nitrogens with zero attached hydrogens (tertiary/aromatic N) is 4. The number of carbonyl (C=O) groups is 1. The van der Waals surface area contributed by atoms with Gasteiger partial charge in [0.05, 0.1) is 16.7 Å². The fourth-order valence-corrected chi connectivity index (χ4v) is 2.57. The fraction of sp³-hybridized carbons (Fsp3) is 0.316. The molecule has 0 saturated heterocycles. The minimum absolute atomic E-state index is 0.0228. The summed E-state index contributed by atoms with van der Waals surface area (Å²) in [7, 11) is 0. The Kier molecular flexibility index (Phi) is 7.42. The number of anilines is 1. The number of aromatic nitrogens is 1. The zero-order valence-corrected chi connectivity index (χ0v) is 15.5. The van der Waals surface area contributed by atoms with Gasteiger partial charge in [-0.15, -0.1) is 0 Å². The van der Waals surface area contributed by atoms with Crippen LogP contribution >= 0.6 is 0 Å². The second kappa shape index (κ2) is 10.0. The Morgan fingerprint density at radius 2 is 2.19 bits per heavy atom. The second-order valence-electron chi connectivity index (χ2n) is 5.87. The first kappa shape index (κ1) is 20.0. The van der Waals surface area contributed by atoms with E-state index in [1.165, 1.54) is 24.5 Å². The molecule has 1 N–H and O–H groups in total. The van der Waals surface area contributed by atoms with Crippen molar-refractivity contribution in [1.29, 1.82) is 0 Å². The number of rotatable bonds is 9. The first-order chi connectivity index (χ1) is 13.1. The third-order valence-electron chi connectivity index (χ3n) is 4.02. The Morgan fingerprint density at radius 3 is 2.81 bits per heavy atom. The topological polar surface area (TPSA) is 101 Å². The summed E-state index contributed by atoms with van der Waals surface area (Å²) in [5.74, 6) is -0.398. The molecule has 8 nitrogen and oxygen atoms in total. The molecule has 27 heavy (non-hydrogen) atoms. The molecule has 1 heterocycles. The van der Waals surface area contributed by atoms with Crippen LogP contribution in [-0.2, 0) is 0 Å². The second-order valence-corrected chi connectivity index (χ2v) is 5.87. The number of nitro benzene ring substituents is 1. The summed E-state index contributed by atoms with van der Waals surface area (Å²) in [6, 6.07) is 7.95. The molecule has 0 radical (unpaired) electrons. The van der Waals surface area contributed by atoms with E-state index in [9.17, 15) is 14.9 Å². The fourth-order valence-electron chi connectivity index (χ4n) is 2.57. The highest BCUT2D eigenvalue weighted by atomic mass is 16.6. The summed E-state index contributed by atoms with van der Waals surface area (Å²) < 4.78 is 0. The van der Waals surface area contributed by atoms with Gasteiger partial charge in [-0.05, 0) is 31.5 Å². The summed E-state index contributed by atoms with van der Waals surface area (Å²) >= 11 is 0. The van der Waals surface area contributed by atoms with Crippen LogP contribution in [0, 0.1) is 10.1 Å². The van der Waals surface area contributed by atoms with Gasteiger partial charge in [0.15, 0.2) is 0 Å². The van der Waals surface area contributed by atoms with E-state index in [0.29, 0.717) is 11.1 Å². The van der Waals surface area contributed by atoms with Gasteiger partial charge in [0.25, 0.3) is 11.6 Å². The SMILES string of the molecule is CCCCN(CC)c1ccc([N+](=O)[O-])cc1/C=N\NC(=O)c1cccnc1. The number of nitrogens with one attached hydrogen (secondary N) is 1. The van der Waals surface area contributed by atoms with Gasteiger partial charge in [-0.1, -0.05) is 13.3 Å². The summed E-state index contributed by atoms with van der Waals surface area (Å²) in [6.45, 7) is 5.75. The van der Waals surface area contributed by atoms with Crippen LogP contribution in [0.3, 0.4) is 0 Å². The molecule has 8 heteroatoms. The van der Waals surface area contributed by atoms with Gasteiger partial charge in [-0.2, -0.15) is 5.10 Å². The number of hydrazone groups is 1. The average molecular weight is 369 g/mol. The van der Waals surface area contributed by atoms with Crippen molar-refractivity contribution in [2.45, 2.75) is 26.7 Å². The van der Waals surface area contributed by atoms with E-state index in [4.69, 9.17) is 0 Å². The molecule has 1 aromatic carbocycles. The largest absolute Gasteiger partial charge is 0.371 e. The van der Waals surface area contributed by atoms with E-state index < -0.39 is 10.8 Å². The summed E-state index contributed by atoms with van der Waals surface area (Å²) in [6.07, 6.45) is 6.51.